The summed E-state index contributed by atoms with van der Waals surface area (Å²) in [6.07, 6.45) is 2.55. The van der Waals surface area contributed by atoms with E-state index in [9.17, 15) is 9.59 Å². The van der Waals surface area contributed by atoms with Crippen LogP contribution in [0.3, 0.4) is 0 Å². The summed E-state index contributed by atoms with van der Waals surface area (Å²) in [6, 6.07) is 9.18. The molecule has 3 N–H and O–H groups in total. The Labute approximate surface area is 137 Å². The smallest absolute Gasteiger partial charge is 0.295 e. The number of amides is 1. The summed E-state index contributed by atoms with van der Waals surface area (Å²) in [5.41, 5.74) is 6.75. The molecule has 2 heterocycles. The molecule has 0 saturated heterocycles. The fourth-order valence-corrected chi connectivity index (χ4v) is 2.35. The first-order chi connectivity index (χ1) is 11.5. The molecule has 8 nitrogen and oxygen atoms in total. The lowest BCUT2D eigenvalue weighted by Gasteiger charge is -2.07. The van der Waals surface area contributed by atoms with Crippen LogP contribution in [0.2, 0.25) is 0 Å². The second kappa shape index (κ2) is 5.99. The number of nitrogens with zero attached hydrogens (tertiary/aromatic N) is 4. The monoisotopic (exact) mass is 324 g/mol. The minimum Gasteiger partial charge on any atom is -0.382 e. The number of aromatic nitrogens is 4. The van der Waals surface area contributed by atoms with E-state index in [0.29, 0.717) is 11.4 Å². The molecule has 2 aromatic heterocycles. The lowest BCUT2D eigenvalue weighted by Crippen LogP contribution is -2.23. The first-order valence-corrected chi connectivity index (χ1v) is 7.22. The predicted octanol–water partition coefficient (Wildman–Crippen LogP) is 1.11. The third-order valence-corrected chi connectivity index (χ3v) is 3.70. The van der Waals surface area contributed by atoms with Gasteiger partial charge in [-0.2, -0.15) is 0 Å². The Balaban J connectivity index is 1.99. The van der Waals surface area contributed by atoms with Crippen molar-refractivity contribution in [2.24, 2.45) is 7.05 Å². The average Bonchev–Trinajstić information content (AvgIpc) is 2.80. The molecule has 1 aromatic carbocycles. The third-order valence-electron chi connectivity index (χ3n) is 3.70. The highest BCUT2D eigenvalue weighted by Crippen LogP contribution is 2.14. The second-order valence-corrected chi connectivity index (χ2v) is 5.22. The number of nitrogen functional groups attached to an aromatic ring is 1. The average molecular weight is 324 g/mol. The standard InChI is InChI=1S/C16H16N6O2/c1-10-14(20-15(23)12-8-19-13(17)9-18-12)16(24)22(21(10)2)11-6-4-3-5-7-11/h3-9H,1-2H3,(H2,17,19)(H,20,23). The fraction of sp³-hybridized carbons (Fsp3) is 0.125. The molecule has 3 aromatic rings. The van der Waals surface area contributed by atoms with E-state index in [1.54, 1.807) is 18.7 Å². The predicted molar refractivity (Wildman–Crippen MR) is 90.1 cm³/mol. The lowest BCUT2D eigenvalue weighted by molar-refractivity contribution is 0.102. The molecular formula is C16H16N6O2. The van der Waals surface area contributed by atoms with Crippen LogP contribution in [0.5, 0.6) is 0 Å². The molecule has 0 radical (unpaired) electrons. The molecule has 0 unspecified atom stereocenters. The number of hydrogen-bond acceptors (Lipinski definition) is 5. The maximum Gasteiger partial charge on any atom is 0.295 e. The van der Waals surface area contributed by atoms with Gasteiger partial charge in [0.05, 0.1) is 23.8 Å². The maximum atomic E-state index is 12.7. The van der Waals surface area contributed by atoms with E-state index in [2.05, 4.69) is 15.3 Å². The van der Waals surface area contributed by atoms with Gasteiger partial charge in [-0.15, -0.1) is 0 Å². The Bertz CT molecular complexity index is 941. The van der Waals surface area contributed by atoms with Crippen LogP contribution in [-0.4, -0.2) is 25.2 Å². The van der Waals surface area contributed by atoms with Gasteiger partial charge < -0.3 is 11.1 Å². The SMILES string of the molecule is Cc1c(NC(=O)c2cnc(N)cn2)c(=O)n(-c2ccccc2)n1C. The number of hydrogen-bond donors (Lipinski definition) is 2. The highest BCUT2D eigenvalue weighted by molar-refractivity contribution is 6.02. The van der Waals surface area contributed by atoms with E-state index in [1.807, 2.05) is 30.3 Å². The summed E-state index contributed by atoms with van der Waals surface area (Å²) in [7, 11) is 1.75. The summed E-state index contributed by atoms with van der Waals surface area (Å²) >= 11 is 0. The number of anilines is 2. The van der Waals surface area contributed by atoms with Gasteiger partial charge in [-0.3, -0.25) is 14.3 Å². The molecule has 0 aliphatic rings. The van der Waals surface area contributed by atoms with E-state index in [4.69, 9.17) is 5.73 Å². The summed E-state index contributed by atoms with van der Waals surface area (Å²) in [5, 5.41) is 2.61. The second-order valence-electron chi connectivity index (χ2n) is 5.22. The van der Waals surface area contributed by atoms with Crippen LogP contribution in [0.1, 0.15) is 16.2 Å². The van der Waals surface area contributed by atoms with Gasteiger partial charge in [0.25, 0.3) is 11.5 Å². The zero-order valence-corrected chi connectivity index (χ0v) is 13.2. The van der Waals surface area contributed by atoms with Crippen molar-refractivity contribution in [1.82, 2.24) is 19.3 Å². The van der Waals surface area contributed by atoms with Crippen LogP contribution < -0.4 is 16.6 Å². The number of carbonyl (C=O) groups excluding carboxylic acids is 1. The summed E-state index contributed by atoms with van der Waals surface area (Å²) in [4.78, 5) is 32.7. The largest absolute Gasteiger partial charge is 0.382 e. The third kappa shape index (κ3) is 2.65. The molecule has 24 heavy (non-hydrogen) atoms. The van der Waals surface area contributed by atoms with Gasteiger partial charge in [0.1, 0.15) is 17.2 Å². The normalized spacial score (nSPS) is 10.6. The van der Waals surface area contributed by atoms with Crippen molar-refractivity contribution in [1.29, 1.82) is 0 Å². The molecule has 0 atom stereocenters. The zero-order chi connectivity index (χ0) is 17.3. The van der Waals surface area contributed by atoms with Crippen molar-refractivity contribution in [2.75, 3.05) is 11.1 Å². The highest BCUT2D eigenvalue weighted by Gasteiger charge is 2.19. The van der Waals surface area contributed by atoms with E-state index < -0.39 is 5.91 Å². The Morgan fingerprint density at radius 3 is 2.50 bits per heavy atom. The Morgan fingerprint density at radius 1 is 1.17 bits per heavy atom. The first kappa shape index (κ1) is 15.5. The van der Waals surface area contributed by atoms with Crippen molar-refractivity contribution < 1.29 is 4.79 Å². The van der Waals surface area contributed by atoms with Gasteiger partial charge in [0.2, 0.25) is 0 Å². The topological polar surface area (TPSA) is 108 Å². The van der Waals surface area contributed by atoms with Crippen LogP contribution in [0.15, 0.2) is 47.5 Å². The van der Waals surface area contributed by atoms with Gasteiger partial charge >= 0.3 is 0 Å². The molecule has 1 amide bonds. The van der Waals surface area contributed by atoms with Gasteiger partial charge in [-0.25, -0.2) is 14.6 Å². The van der Waals surface area contributed by atoms with E-state index in [1.165, 1.54) is 17.1 Å². The van der Waals surface area contributed by atoms with Crippen LogP contribution in [0.25, 0.3) is 5.69 Å². The van der Waals surface area contributed by atoms with Crippen molar-refractivity contribution in [3.63, 3.8) is 0 Å². The molecule has 0 spiro atoms. The molecule has 8 heteroatoms. The van der Waals surface area contributed by atoms with Gasteiger partial charge in [-0.1, -0.05) is 18.2 Å². The van der Waals surface area contributed by atoms with Crippen molar-refractivity contribution in [3.8, 4) is 5.69 Å². The van der Waals surface area contributed by atoms with Gasteiger partial charge in [0.15, 0.2) is 0 Å². The molecule has 122 valence electrons. The number of rotatable bonds is 3. The minimum atomic E-state index is -0.520. The summed E-state index contributed by atoms with van der Waals surface area (Å²) in [5.74, 6) is -0.303. The molecule has 0 fully saturated rings. The number of nitrogens with two attached hydrogens (primary N) is 1. The van der Waals surface area contributed by atoms with Gasteiger partial charge in [0, 0.05) is 7.05 Å². The Kier molecular flexibility index (Phi) is 3.87. The fourth-order valence-electron chi connectivity index (χ4n) is 2.35. The number of carbonyl (C=O) groups is 1. The van der Waals surface area contributed by atoms with Crippen molar-refractivity contribution in [2.45, 2.75) is 6.92 Å². The molecule has 0 bridgehead atoms. The van der Waals surface area contributed by atoms with Crippen LogP contribution >= 0.6 is 0 Å². The Morgan fingerprint density at radius 2 is 1.88 bits per heavy atom. The van der Waals surface area contributed by atoms with Crippen LogP contribution in [0.4, 0.5) is 11.5 Å². The lowest BCUT2D eigenvalue weighted by atomic mass is 10.3. The van der Waals surface area contributed by atoms with E-state index in [-0.39, 0.29) is 22.8 Å². The summed E-state index contributed by atoms with van der Waals surface area (Å²) < 4.78 is 3.17. The molecule has 0 saturated carbocycles. The quantitative estimate of drug-likeness (QED) is 0.750. The van der Waals surface area contributed by atoms with Crippen LogP contribution in [-0.2, 0) is 7.05 Å². The molecule has 0 aliphatic carbocycles. The number of para-hydroxylation sites is 1. The summed E-state index contributed by atoms with van der Waals surface area (Å²) in [6.45, 7) is 1.76. The molecule has 3 rings (SSSR count). The zero-order valence-electron chi connectivity index (χ0n) is 13.2. The highest BCUT2D eigenvalue weighted by atomic mass is 16.2. The van der Waals surface area contributed by atoms with E-state index >= 15 is 0 Å². The maximum absolute atomic E-state index is 12.7. The Hall–Kier alpha value is -3.42. The number of benzene rings is 1. The first-order valence-electron chi connectivity index (χ1n) is 7.22. The van der Waals surface area contributed by atoms with E-state index in [0.717, 1.165) is 0 Å². The minimum absolute atomic E-state index is 0.0816. The van der Waals surface area contributed by atoms with Crippen molar-refractivity contribution in [3.05, 3.63) is 64.5 Å². The molecular weight excluding hydrogens is 308 g/mol. The van der Waals surface area contributed by atoms with Crippen molar-refractivity contribution >= 4 is 17.4 Å². The van der Waals surface area contributed by atoms with Gasteiger partial charge in [-0.05, 0) is 19.1 Å². The van der Waals surface area contributed by atoms with Crippen LogP contribution in [0, 0.1) is 6.92 Å². The molecule has 0 aliphatic heterocycles. The number of nitrogens with one attached hydrogen (secondary N) is 1.